The van der Waals surface area contributed by atoms with Gasteiger partial charge in [0.15, 0.2) is 0 Å². The van der Waals surface area contributed by atoms with Crippen molar-refractivity contribution in [2.45, 2.75) is 80.3 Å². The van der Waals surface area contributed by atoms with Gasteiger partial charge in [0.05, 0.1) is 69.9 Å². The van der Waals surface area contributed by atoms with E-state index in [4.69, 9.17) is 34.2 Å². The van der Waals surface area contributed by atoms with Crippen molar-refractivity contribution in [2.75, 3.05) is 54.5 Å². The number of aromatic nitrogens is 10. The summed E-state index contributed by atoms with van der Waals surface area (Å²) >= 11 is 0. The average molecular weight is 1170 g/mol. The second-order valence-corrected chi connectivity index (χ2v) is 21.8. The lowest BCUT2D eigenvalue weighted by molar-refractivity contribution is 0.0683. The van der Waals surface area contributed by atoms with Gasteiger partial charge in [0.1, 0.15) is 34.3 Å². The van der Waals surface area contributed by atoms with Crippen LogP contribution < -0.4 is 20.5 Å². The van der Waals surface area contributed by atoms with Crippen LogP contribution in [0.25, 0.3) is 110 Å². The highest BCUT2D eigenvalue weighted by Crippen LogP contribution is 2.44. The van der Waals surface area contributed by atoms with Crippen molar-refractivity contribution in [3.8, 4) is 56.3 Å². The van der Waals surface area contributed by atoms with Crippen LogP contribution in [0.4, 0.5) is 0 Å². The number of amides is 1. The molecule has 2 aliphatic heterocycles. The van der Waals surface area contributed by atoms with Gasteiger partial charge in [-0.1, -0.05) is 61.6 Å². The van der Waals surface area contributed by atoms with Crippen LogP contribution in [0.15, 0.2) is 106 Å². The number of carbonyl (C=O) groups excluding carboxylic acids is 1. The van der Waals surface area contributed by atoms with Crippen LogP contribution >= 0.6 is 0 Å². The molecule has 448 valence electrons. The van der Waals surface area contributed by atoms with Crippen LogP contribution in [0.3, 0.4) is 0 Å². The Bertz CT molecular complexity index is 4470. The Kier molecular flexibility index (Phi) is 17.4. The van der Waals surface area contributed by atoms with Gasteiger partial charge in [0.2, 0.25) is 11.6 Å². The third kappa shape index (κ3) is 11.6. The van der Waals surface area contributed by atoms with Gasteiger partial charge in [-0.15, -0.1) is 0 Å². The van der Waals surface area contributed by atoms with Crippen molar-refractivity contribution in [3.05, 3.63) is 132 Å². The molecule has 8 aromatic heterocycles. The van der Waals surface area contributed by atoms with Gasteiger partial charge in [0.25, 0.3) is 5.91 Å². The number of para-hydroxylation sites is 2. The number of benzene rings is 4. The first-order chi connectivity index (χ1) is 41.2. The first-order valence-electron chi connectivity index (χ1n) is 28.2. The third-order valence-electron chi connectivity index (χ3n) is 16.2. The highest BCUT2D eigenvalue weighted by molar-refractivity contribution is 6.18. The molecule has 0 radical (unpaired) electrons. The maximum absolute atomic E-state index is 13.6. The van der Waals surface area contributed by atoms with E-state index < -0.39 is 5.97 Å². The fourth-order valence-corrected chi connectivity index (χ4v) is 11.7. The highest BCUT2D eigenvalue weighted by Gasteiger charge is 2.27. The van der Waals surface area contributed by atoms with E-state index >= 15 is 0 Å². The topological polar surface area (TPSA) is 278 Å². The van der Waals surface area contributed by atoms with Gasteiger partial charge in [-0.25, -0.2) is 24.7 Å². The monoisotopic (exact) mass is 1170 g/mol. The lowest BCUT2D eigenvalue weighted by Gasteiger charge is -2.29. The summed E-state index contributed by atoms with van der Waals surface area (Å²) in [6.07, 6.45) is 7.60. The summed E-state index contributed by atoms with van der Waals surface area (Å²) in [6, 6.07) is 27.8. The number of methoxy groups -OCH3 is 2. The minimum Gasteiger partial charge on any atom is -0.496 e. The van der Waals surface area contributed by atoms with Gasteiger partial charge < -0.3 is 54.4 Å². The SMILES string of the molecule is C.C.CN1CCC(N)CC1.COc1cc2c(cc1-c1c(C)noc1C)[nH]c1nc(C(=O)NC3CCN(C)CC3)nc(-c3ccnc4ccccc34)c12.COc1cc2c(cc1-c1c(C)noc1C)[nH]c1nc(C(=O)O)nc(-c3ccnc4ccccc34)c12. The molecule has 0 bridgehead atoms. The van der Waals surface area contributed by atoms with Crippen molar-refractivity contribution in [1.82, 2.24) is 65.3 Å². The molecule has 87 heavy (non-hydrogen) atoms. The molecule has 21 nitrogen and oxygen atoms in total. The Morgan fingerprint density at radius 2 is 1.03 bits per heavy atom. The largest absolute Gasteiger partial charge is 0.496 e. The van der Waals surface area contributed by atoms with E-state index in [0.717, 1.165) is 120 Å². The molecule has 2 aliphatic rings. The first-order valence-corrected chi connectivity index (χ1v) is 28.2. The predicted octanol–water partition coefficient (Wildman–Crippen LogP) is 12.0. The molecule has 0 unspecified atom stereocenters. The Balaban J connectivity index is 0.000000169. The molecule has 0 spiro atoms. The van der Waals surface area contributed by atoms with E-state index in [0.29, 0.717) is 57.1 Å². The molecular weight excluding hydrogens is 1100 g/mol. The number of rotatable bonds is 9. The molecule has 4 aromatic carbocycles. The molecule has 12 aromatic rings. The number of ether oxygens (including phenoxy) is 2. The molecule has 0 aliphatic carbocycles. The molecule has 21 heteroatoms. The molecule has 6 N–H and O–H groups in total. The number of carboxylic acid groups (broad SMARTS) is 1. The smallest absolute Gasteiger partial charge is 0.374 e. The number of H-pyrrole nitrogens is 2. The number of likely N-dealkylation sites (tertiary alicyclic amines) is 2. The van der Waals surface area contributed by atoms with E-state index in [1.54, 1.807) is 26.6 Å². The van der Waals surface area contributed by atoms with Crippen LogP contribution in [-0.4, -0.2) is 144 Å². The minimum absolute atomic E-state index is 0. The molecule has 0 atom stereocenters. The Hall–Kier alpha value is -9.70. The minimum atomic E-state index is -1.21. The predicted molar refractivity (Wildman–Crippen MR) is 340 cm³/mol. The number of fused-ring (bicyclic) bond motifs is 8. The van der Waals surface area contributed by atoms with Crippen molar-refractivity contribution in [2.24, 2.45) is 5.73 Å². The number of hydrogen-bond donors (Lipinski definition) is 5. The Labute approximate surface area is 502 Å². The maximum atomic E-state index is 13.6. The lowest BCUT2D eigenvalue weighted by atomic mass is 9.99. The summed E-state index contributed by atoms with van der Waals surface area (Å²) in [7, 11) is 7.50. The van der Waals surface area contributed by atoms with Crippen LogP contribution in [0, 0.1) is 27.7 Å². The van der Waals surface area contributed by atoms with Gasteiger partial charge in [-0.3, -0.25) is 14.8 Å². The number of nitrogens with zero attached hydrogens (tertiary/aromatic N) is 10. The van der Waals surface area contributed by atoms with Gasteiger partial charge in [-0.05, 0) is 142 Å². The zero-order chi connectivity index (χ0) is 59.2. The number of carbonyl (C=O) groups is 2. The zero-order valence-corrected chi connectivity index (χ0v) is 48.5. The number of carboxylic acids is 1. The summed E-state index contributed by atoms with van der Waals surface area (Å²) < 4.78 is 22.5. The van der Waals surface area contributed by atoms with Crippen molar-refractivity contribution >= 4 is 77.6 Å². The van der Waals surface area contributed by atoms with E-state index in [-0.39, 0.29) is 38.5 Å². The fraction of sp³-hybridized carbons (Fsp3) is 0.303. The summed E-state index contributed by atoms with van der Waals surface area (Å²) in [5, 5.41) is 26.1. The van der Waals surface area contributed by atoms with Gasteiger partial charge >= 0.3 is 5.97 Å². The van der Waals surface area contributed by atoms with Crippen LogP contribution in [0.5, 0.6) is 11.5 Å². The standard InChI is InChI=1S/C32H31N7O3.C26H19N5O4.C6H14N2.2CH4/c1-17-27(18(2)42-38-17)23-15-25-22(16-26(23)41-4)28-29(21-9-12-33-24-8-6-5-7-20(21)24)36-31(37-30(28)35-25)32(40)34-19-10-13-39(3)14-11-19;1-12-21(13(2)35-31-12)17-10-19-16(11-20(17)34-3)22-23(29-25(26(32)33)30-24(22)28-19)15-8-9-27-18-7-5-4-6-14(15)18;1-8-4-2-6(7)3-5-8;;/h5-9,12,15-16,19H,10-11,13-14H2,1-4H3,(H,34,40)(H,35,36,37);4-11H,1-3H3,(H,32,33)(H,28,29,30);6H,2-5,7H2,1H3;2*1H4. The number of nitrogens with two attached hydrogens (primary N) is 1. The average Bonchev–Trinajstić information content (AvgIpc) is 1.69. The number of hydrogen-bond acceptors (Lipinski definition) is 17. The maximum Gasteiger partial charge on any atom is 0.374 e. The highest BCUT2D eigenvalue weighted by atomic mass is 16.5. The van der Waals surface area contributed by atoms with Gasteiger partial charge in [-0.2, -0.15) is 0 Å². The molecule has 2 fully saturated rings. The fourth-order valence-electron chi connectivity index (χ4n) is 11.7. The molecule has 14 rings (SSSR count). The third-order valence-corrected chi connectivity index (χ3v) is 16.2. The second kappa shape index (κ2) is 25.1. The van der Waals surface area contributed by atoms with E-state index in [1.165, 1.54) is 25.9 Å². The second-order valence-electron chi connectivity index (χ2n) is 21.8. The van der Waals surface area contributed by atoms with E-state index in [9.17, 15) is 14.7 Å². The number of aromatic amines is 2. The first kappa shape index (κ1) is 60.4. The van der Waals surface area contributed by atoms with E-state index in [2.05, 4.69) is 69.4 Å². The van der Waals surface area contributed by atoms with Crippen molar-refractivity contribution in [1.29, 1.82) is 0 Å². The summed E-state index contributed by atoms with van der Waals surface area (Å²) in [5.74, 6) is 1.02. The number of aryl methyl sites for hydroxylation is 4. The van der Waals surface area contributed by atoms with Crippen molar-refractivity contribution in [3.63, 3.8) is 0 Å². The summed E-state index contributed by atoms with van der Waals surface area (Å²) in [5.41, 5.74) is 17.6. The zero-order valence-electron chi connectivity index (χ0n) is 48.5. The molecule has 10 heterocycles. The number of nitrogens with one attached hydrogen (secondary N) is 3. The lowest BCUT2D eigenvalue weighted by Crippen LogP contribution is -2.43. The molecule has 1 amide bonds. The van der Waals surface area contributed by atoms with Crippen molar-refractivity contribution < 1.29 is 33.2 Å². The quantitative estimate of drug-likeness (QED) is 0.0898. The molecule has 0 saturated carbocycles. The summed E-state index contributed by atoms with van der Waals surface area (Å²) in [4.78, 5) is 64.3. The Morgan fingerprint density at radius 1 is 0.598 bits per heavy atom. The normalized spacial score (nSPS) is 14.1. The molecular formula is C66H72N14O7. The van der Waals surface area contributed by atoms with Crippen LogP contribution in [-0.2, 0) is 0 Å². The summed E-state index contributed by atoms with van der Waals surface area (Å²) in [6.45, 7) is 11.8. The number of pyridine rings is 2. The number of aromatic carboxylic acids is 1. The molecule has 2 saturated heterocycles. The van der Waals surface area contributed by atoms with Gasteiger partial charge in [0, 0.05) is 79.3 Å². The van der Waals surface area contributed by atoms with Crippen LogP contribution in [0.2, 0.25) is 0 Å². The van der Waals surface area contributed by atoms with E-state index in [1.807, 2.05) is 113 Å². The Morgan fingerprint density at radius 3 is 1.46 bits per heavy atom. The van der Waals surface area contributed by atoms with Crippen LogP contribution in [0.1, 0.15) is 84.7 Å². The number of piperidine rings is 2.